The van der Waals surface area contributed by atoms with Crippen molar-refractivity contribution in [1.29, 1.82) is 0 Å². The minimum atomic E-state index is -0.374. The predicted octanol–water partition coefficient (Wildman–Crippen LogP) is 1.38. The van der Waals surface area contributed by atoms with E-state index in [9.17, 15) is 4.79 Å². The zero-order valence-corrected chi connectivity index (χ0v) is 9.26. The summed E-state index contributed by atoms with van der Waals surface area (Å²) in [6.45, 7) is 7.29. The summed E-state index contributed by atoms with van der Waals surface area (Å²) in [5.74, 6) is 0.652. The Morgan fingerprint density at radius 3 is 2.45 bits per heavy atom. The summed E-state index contributed by atoms with van der Waals surface area (Å²) in [6, 6.07) is 0. The SMILES string of the molecule is C=CC(=O)OC(=[CH][Na])C(C)C. The summed E-state index contributed by atoms with van der Waals surface area (Å²) in [5.41, 5.74) is 0. The second kappa shape index (κ2) is 5.58. The molecule has 2 nitrogen and oxygen atoms in total. The van der Waals surface area contributed by atoms with Gasteiger partial charge in [0, 0.05) is 0 Å². The Morgan fingerprint density at radius 1 is 1.64 bits per heavy atom. The van der Waals surface area contributed by atoms with Gasteiger partial charge in [0.2, 0.25) is 0 Å². The van der Waals surface area contributed by atoms with Crippen LogP contribution in [0.5, 0.6) is 0 Å². The van der Waals surface area contributed by atoms with Crippen LogP contribution in [0.25, 0.3) is 0 Å². The van der Waals surface area contributed by atoms with Gasteiger partial charge in [-0.3, -0.25) is 0 Å². The van der Waals surface area contributed by atoms with E-state index in [4.69, 9.17) is 4.74 Å². The van der Waals surface area contributed by atoms with Crippen molar-refractivity contribution in [3.63, 3.8) is 0 Å². The average molecular weight is 162 g/mol. The molecular formula is C8H11NaO2. The van der Waals surface area contributed by atoms with E-state index in [1.165, 1.54) is 6.08 Å². The van der Waals surface area contributed by atoms with E-state index in [1.807, 2.05) is 17.2 Å². The Morgan fingerprint density at radius 2 is 2.18 bits per heavy atom. The van der Waals surface area contributed by atoms with Gasteiger partial charge in [0.25, 0.3) is 0 Å². The summed E-state index contributed by atoms with van der Waals surface area (Å²) < 4.78 is 6.87. The molecule has 0 rings (SSSR count). The first-order chi connectivity index (χ1) is 5.11. The molecule has 0 N–H and O–H groups in total. The van der Waals surface area contributed by atoms with Gasteiger partial charge >= 0.3 is 84.9 Å². The molecule has 3 heteroatoms. The molecule has 0 unspecified atom stereocenters. The number of rotatable bonds is 3. The van der Waals surface area contributed by atoms with Gasteiger partial charge in [0.15, 0.2) is 0 Å². The summed E-state index contributed by atoms with van der Waals surface area (Å²) in [5, 5.41) is 0. The van der Waals surface area contributed by atoms with E-state index in [2.05, 4.69) is 6.58 Å². The first-order valence-electron chi connectivity index (χ1n) is 3.62. The van der Waals surface area contributed by atoms with Crippen LogP contribution in [0.3, 0.4) is 0 Å². The Labute approximate surface area is 84.7 Å². The molecule has 11 heavy (non-hydrogen) atoms. The quantitative estimate of drug-likeness (QED) is 0.271. The van der Waals surface area contributed by atoms with Crippen molar-refractivity contribution in [2.75, 3.05) is 0 Å². The standard InChI is InChI=1S/C8H11O2.Na/c1-5-8(9)10-7(4)6(2)3;/h4-6H,1H2,2-3H3;. The van der Waals surface area contributed by atoms with Crippen molar-refractivity contribution < 1.29 is 9.53 Å². The van der Waals surface area contributed by atoms with Gasteiger partial charge in [0.1, 0.15) is 0 Å². The fourth-order valence-corrected chi connectivity index (χ4v) is 1.45. The molecule has 0 aliphatic heterocycles. The molecule has 0 aliphatic rings. The molecular weight excluding hydrogens is 151 g/mol. The van der Waals surface area contributed by atoms with E-state index < -0.39 is 0 Å². The van der Waals surface area contributed by atoms with Crippen LogP contribution in [0.15, 0.2) is 21.7 Å². The summed E-state index contributed by atoms with van der Waals surface area (Å²) >= 11 is 0.905. The van der Waals surface area contributed by atoms with Crippen LogP contribution in [0.2, 0.25) is 0 Å². The maximum atomic E-state index is 10.7. The summed E-state index contributed by atoms with van der Waals surface area (Å²) in [6.07, 6.45) is 1.17. The molecule has 0 heterocycles. The number of carbonyl (C=O) groups excluding carboxylic acids is 1. The van der Waals surface area contributed by atoms with E-state index in [0.29, 0.717) is 0 Å². The molecule has 0 saturated heterocycles. The number of carbonyl (C=O) groups is 1. The van der Waals surface area contributed by atoms with Gasteiger partial charge in [-0.15, -0.1) is 0 Å². The van der Waals surface area contributed by atoms with Crippen LogP contribution in [-0.4, -0.2) is 33.9 Å². The average Bonchev–Trinajstić information content (AvgIpc) is 1.99. The number of esters is 1. The summed E-state index contributed by atoms with van der Waals surface area (Å²) in [4.78, 5) is 10.7. The Bertz CT molecular complexity index is 183. The van der Waals surface area contributed by atoms with E-state index in [0.717, 1.165) is 33.7 Å². The molecule has 0 radical (unpaired) electrons. The molecule has 56 valence electrons. The third-order valence-electron chi connectivity index (χ3n) is 1.24. The first kappa shape index (κ1) is 11.0. The Hall–Kier alpha value is -0.0500. The van der Waals surface area contributed by atoms with Crippen molar-refractivity contribution in [2.45, 2.75) is 13.8 Å². The molecule has 0 saturated carbocycles. The van der Waals surface area contributed by atoms with E-state index in [-0.39, 0.29) is 11.9 Å². The number of allylic oxidation sites excluding steroid dienone is 1. The Kier molecular flexibility index (Phi) is 5.56. The van der Waals surface area contributed by atoms with Crippen LogP contribution in [0, 0.1) is 5.92 Å². The van der Waals surface area contributed by atoms with Crippen molar-refractivity contribution >= 4 is 33.9 Å². The van der Waals surface area contributed by atoms with Crippen molar-refractivity contribution in [3.8, 4) is 0 Å². The predicted molar refractivity (Wildman–Crippen MR) is 45.0 cm³/mol. The van der Waals surface area contributed by atoms with Gasteiger partial charge in [-0.05, 0) is 0 Å². The first-order valence-corrected chi connectivity index (χ1v) is 4.77. The van der Waals surface area contributed by atoms with Gasteiger partial charge in [-0.2, -0.15) is 0 Å². The minimum absolute atomic E-state index is 0.274. The van der Waals surface area contributed by atoms with Crippen molar-refractivity contribution in [2.24, 2.45) is 5.92 Å². The van der Waals surface area contributed by atoms with Gasteiger partial charge in [-0.1, -0.05) is 0 Å². The third kappa shape index (κ3) is 4.40. The van der Waals surface area contributed by atoms with Gasteiger partial charge in [-0.25, -0.2) is 0 Å². The molecule has 0 spiro atoms. The van der Waals surface area contributed by atoms with Crippen LogP contribution in [-0.2, 0) is 9.53 Å². The third-order valence-corrected chi connectivity index (χ3v) is 1.81. The zero-order chi connectivity index (χ0) is 8.85. The fraction of sp³-hybridized carbons (Fsp3) is 0.375. The van der Waals surface area contributed by atoms with Crippen LogP contribution in [0.4, 0.5) is 0 Å². The molecule has 0 aliphatic carbocycles. The van der Waals surface area contributed by atoms with Crippen molar-refractivity contribution in [3.05, 3.63) is 21.7 Å². The topological polar surface area (TPSA) is 26.3 Å². The second-order valence-corrected chi connectivity index (χ2v) is 3.05. The second-order valence-electron chi connectivity index (χ2n) is 2.47. The Balaban J connectivity index is 4.11. The number of hydrogen-bond acceptors (Lipinski definition) is 2. The molecule has 0 aromatic heterocycles. The fourth-order valence-electron chi connectivity index (χ4n) is 0.668. The van der Waals surface area contributed by atoms with Crippen LogP contribution >= 0.6 is 0 Å². The molecule has 0 fully saturated rings. The molecule has 0 atom stereocenters. The van der Waals surface area contributed by atoms with E-state index >= 15 is 0 Å². The maximum absolute atomic E-state index is 10.7. The van der Waals surface area contributed by atoms with Crippen LogP contribution < -0.4 is 0 Å². The number of hydrogen-bond donors (Lipinski definition) is 0. The van der Waals surface area contributed by atoms with E-state index in [1.54, 1.807) is 0 Å². The zero-order valence-electron chi connectivity index (χ0n) is 7.26. The normalized spacial score (nSPS) is 11.5. The summed E-state index contributed by atoms with van der Waals surface area (Å²) in [7, 11) is 0. The van der Waals surface area contributed by atoms with Gasteiger partial charge in [0.05, 0.1) is 0 Å². The molecule has 0 bridgehead atoms. The molecule has 0 aromatic rings. The number of ether oxygens (including phenoxy) is 1. The van der Waals surface area contributed by atoms with Crippen LogP contribution in [0.1, 0.15) is 13.8 Å². The molecule has 0 amide bonds. The monoisotopic (exact) mass is 162 g/mol. The molecule has 0 aromatic carbocycles. The van der Waals surface area contributed by atoms with Crippen molar-refractivity contribution in [1.82, 2.24) is 0 Å². The van der Waals surface area contributed by atoms with Gasteiger partial charge < -0.3 is 0 Å².